The Morgan fingerprint density at radius 3 is 2.22 bits per heavy atom. The summed E-state index contributed by atoms with van der Waals surface area (Å²) >= 11 is 1.44. The van der Waals surface area contributed by atoms with Crippen LogP contribution in [-0.4, -0.2) is 35.6 Å². The van der Waals surface area contributed by atoms with E-state index >= 15 is 0 Å². The van der Waals surface area contributed by atoms with Crippen LogP contribution in [0.25, 0.3) is 0 Å². The van der Waals surface area contributed by atoms with Gasteiger partial charge in [-0.2, -0.15) is 0 Å². The molecule has 166 valence electrons. The minimum absolute atomic E-state index is 0.149. The zero-order chi connectivity index (χ0) is 22.9. The summed E-state index contributed by atoms with van der Waals surface area (Å²) in [5.41, 5.74) is 2.88. The quantitative estimate of drug-likeness (QED) is 0.484. The Kier molecular flexibility index (Phi) is 8.45. The van der Waals surface area contributed by atoms with Crippen molar-refractivity contribution in [1.29, 1.82) is 0 Å². The first kappa shape index (κ1) is 23.5. The van der Waals surface area contributed by atoms with E-state index in [1.165, 1.54) is 23.9 Å². The lowest BCUT2D eigenvalue weighted by Crippen LogP contribution is -2.50. The Hall–Kier alpha value is -3.12. The third-order valence-corrected chi connectivity index (χ3v) is 6.16. The molecule has 0 heterocycles. The first-order valence-corrected chi connectivity index (χ1v) is 11.4. The lowest BCUT2D eigenvalue weighted by atomic mass is 10.0. The van der Waals surface area contributed by atoms with Crippen LogP contribution in [0.15, 0.2) is 83.8 Å². The zero-order valence-corrected chi connectivity index (χ0v) is 19.1. The van der Waals surface area contributed by atoms with E-state index in [-0.39, 0.29) is 29.9 Å². The van der Waals surface area contributed by atoms with Gasteiger partial charge in [0.05, 0.1) is 5.75 Å². The fourth-order valence-electron chi connectivity index (χ4n) is 3.37. The molecule has 0 aromatic heterocycles. The van der Waals surface area contributed by atoms with E-state index in [1.807, 2.05) is 61.5 Å². The predicted octanol–water partition coefficient (Wildman–Crippen LogP) is 4.61. The second-order valence-electron chi connectivity index (χ2n) is 7.57. The number of hydrogen-bond donors (Lipinski definition) is 1. The summed E-state index contributed by atoms with van der Waals surface area (Å²) in [5, 5.41) is 2.70. The first-order valence-electron chi connectivity index (χ1n) is 10.4. The van der Waals surface area contributed by atoms with Gasteiger partial charge in [-0.1, -0.05) is 60.2 Å². The maximum atomic E-state index is 13.4. The third kappa shape index (κ3) is 6.69. The second-order valence-corrected chi connectivity index (χ2v) is 8.62. The average Bonchev–Trinajstić information content (AvgIpc) is 2.82. The molecule has 3 aromatic rings. The summed E-state index contributed by atoms with van der Waals surface area (Å²) in [6, 6.07) is 22.9. The number of carbonyl (C=O) groups is 2. The highest BCUT2D eigenvalue weighted by molar-refractivity contribution is 8.00. The molecule has 32 heavy (non-hydrogen) atoms. The molecule has 0 bridgehead atoms. The van der Waals surface area contributed by atoms with Crippen molar-refractivity contribution in [3.63, 3.8) is 0 Å². The number of rotatable bonds is 9. The summed E-state index contributed by atoms with van der Waals surface area (Å²) < 4.78 is 13.4. The molecule has 0 radical (unpaired) electrons. The largest absolute Gasteiger partial charge is 0.357 e. The number of benzene rings is 3. The number of halogens is 1. The normalized spacial score (nSPS) is 11.6. The smallest absolute Gasteiger partial charge is 0.242 e. The van der Waals surface area contributed by atoms with Crippen LogP contribution < -0.4 is 5.32 Å². The molecule has 0 saturated carbocycles. The molecular formula is C26H27FN2O2S. The van der Waals surface area contributed by atoms with E-state index < -0.39 is 6.04 Å². The SMILES string of the molecule is CNC(=O)[C@H](Cc1ccccc1)N(Cc1ccc(F)cc1)C(=O)CSc1ccc(C)cc1. The number of hydrogen-bond acceptors (Lipinski definition) is 3. The van der Waals surface area contributed by atoms with Gasteiger partial charge >= 0.3 is 0 Å². The van der Waals surface area contributed by atoms with E-state index in [1.54, 1.807) is 24.1 Å². The molecule has 6 heteroatoms. The average molecular weight is 451 g/mol. The van der Waals surface area contributed by atoms with Crippen LogP contribution in [0.3, 0.4) is 0 Å². The van der Waals surface area contributed by atoms with Crippen LogP contribution in [0, 0.1) is 12.7 Å². The minimum atomic E-state index is -0.682. The van der Waals surface area contributed by atoms with E-state index in [0.29, 0.717) is 6.42 Å². The molecule has 0 aliphatic carbocycles. The molecule has 3 rings (SSSR count). The number of aryl methyl sites for hydroxylation is 1. The Balaban J connectivity index is 1.85. The Morgan fingerprint density at radius 2 is 1.59 bits per heavy atom. The zero-order valence-electron chi connectivity index (χ0n) is 18.3. The first-order chi connectivity index (χ1) is 15.5. The van der Waals surface area contributed by atoms with Crippen molar-refractivity contribution in [3.8, 4) is 0 Å². The molecule has 4 nitrogen and oxygen atoms in total. The Morgan fingerprint density at radius 1 is 0.938 bits per heavy atom. The fraction of sp³-hybridized carbons (Fsp3) is 0.231. The molecule has 0 fully saturated rings. The van der Waals surface area contributed by atoms with Crippen molar-refractivity contribution in [1.82, 2.24) is 10.2 Å². The Bertz CT molecular complexity index is 1020. The van der Waals surface area contributed by atoms with Gasteiger partial charge in [-0.05, 0) is 42.3 Å². The van der Waals surface area contributed by atoms with Crippen LogP contribution in [0.5, 0.6) is 0 Å². The maximum Gasteiger partial charge on any atom is 0.242 e. The predicted molar refractivity (Wildman–Crippen MR) is 127 cm³/mol. The number of likely N-dealkylation sites (N-methyl/N-ethyl adjacent to an activating group) is 1. The van der Waals surface area contributed by atoms with E-state index in [9.17, 15) is 14.0 Å². The number of amides is 2. The molecule has 0 spiro atoms. The van der Waals surface area contributed by atoms with Crippen LogP contribution in [0.1, 0.15) is 16.7 Å². The lowest BCUT2D eigenvalue weighted by molar-refractivity contribution is -0.139. The molecular weight excluding hydrogens is 423 g/mol. The molecule has 0 aliphatic rings. The van der Waals surface area contributed by atoms with Gasteiger partial charge in [0, 0.05) is 24.9 Å². The van der Waals surface area contributed by atoms with Crippen molar-refractivity contribution in [2.45, 2.75) is 30.8 Å². The second kappa shape index (κ2) is 11.5. The van der Waals surface area contributed by atoms with Gasteiger partial charge in [0.15, 0.2) is 0 Å². The van der Waals surface area contributed by atoms with Gasteiger partial charge in [-0.3, -0.25) is 9.59 Å². The lowest BCUT2D eigenvalue weighted by Gasteiger charge is -2.31. The standard InChI is InChI=1S/C26H27FN2O2S/c1-19-8-14-23(15-9-19)32-18-25(30)29(17-21-10-12-22(27)13-11-21)24(26(31)28-2)16-20-6-4-3-5-7-20/h3-15,24H,16-18H2,1-2H3,(H,28,31)/t24-/m0/s1. The Labute approximate surface area is 192 Å². The summed E-state index contributed by atoms with van der Waals surface area (Å²) in [4.78, 5) is 28.8. The molecule has 1 atom stereocenters. The van der Waals surface area contributed by atoms with Crippen molar-refractivity contribution in [2.75, 3.05) is 12.8 Å². The van der Waals surface area contributed by atoms with Crippen molar-refractivity contribution in [3.05, 3.63) is 101 Å². The number of thioether (sulfide) groups is 1. The summed E-state index contributed by atoms with van der Waals surface area (Å²) in [6.45, 7) is 2.24. The van der Waals surface area contributed by atoms with Crippen LogP contribution >= 0.6 is 11.8 Å². The molecule has 0 unspecified atom stereocenters. The number of carbonyl (C=O) groups excluding carboxylic acids is 2. The van der Waals surface area contributed by atoms with Gasteiger partial charge in [0.1, 0.15) is 11.9 Å². The number of nitrogens with one attached hydrogen (secondary N) is 1. The van der Waals surface area contributed by atoms with E-state index in [4.69, 9.17) is 0 Å². The molecule has 0 saturated heterocycles. The van der Waals surface area contributed by atoms with Crippen molar-refractivity contribution < 1.29 is 14.0 Å². The summed E-state index contributed by atoms with van der Waals surface area (Å²) in [7, 11) is 1.57. The third-order valence-electron chi connectivity index (χ3n) is 5.17. The van der Waals surface area contributed by atoms with Crippen LogP contribution in [-0.2, 0) is 22.6 Å². The van der Waals surface area contributed by atoms with Crippen molar-refractivity contribution in [2.24, 2.45) is 0 Å². The van der Waals surface area contributed by atoms with Gasteiger partial charge < -0.3 is 10.2 Å². The highest BCUT2D eigenvalue weighted by Gasteiger charge is 2.29. The number of nitrogens with zero attached hydrogens (tertiary/aromatic N) is 1. The van der Waals surface area contributed by atoms with Crippen LogP contribution in [0.4, 0.5) is 4.39 Å². The minimum Gasteiger partial charge on any atom is -0.357 e. The van der Waals surface area contributed by atoms with E-state index in [0.717, 1.165) is 21.6 Å². The van der Waals surface area contributed by atoms with Crippen molar-refractivity contribution >= 4 is 23.6 Å². The van der Waals surface area contributed by atoms with Gasteiger partial charge in [-0.15, -0.1) is 11.8 Å². The highest BCUT2D eigenvalue weighted by atomic mass is 32.2. The molecule has 2 amide bonds. The van der Waals surface area contributed by atoms with Gasteiger partial charge in [0.25, 0.3) is 0 Å². The van der Waals surface area contributed by atoms with Crippen LogP contribution in [0.2, 0.25) is 0 Å². The molecule has 3 aromatic carbocycles. The molecule has 0 aliphatic heterocycles. The van der Waals surface area contributed by atoms with E-state index in [2.05, 4.69) is 5.32 Å². The monoisotopic (exact) mass is 450 g/mol. The topological polar surface area (TPSA) is 49.4 Å². The fourth-order valence-corrected chi connectivity index (χ4v) is 4.15. The maximum absolute atomic E-state index is 13.4. The van der Waals surface area contributed by atoms with Gasteiger partial charge in [-0.25, -0.2) is 4.39 Å². The summed E-state index contributed by atoms with van der Waals surface area (Å²) in [5.74, 6) is -0.519. The highest BCUT2D eigenvalue weighted by Crippen LogP contribution is 2.21. The molecule has 1 N–H and O–H groups in total. The van der Waals surface area contributed by atoms with Gasteiger partial charge in [0.2, 0.25) is 11.8 Å². The summed E-state index contributed by atoms with van der Waals surface area (Å²) in [6.07, 6.45) is 0.392.